The Bertz CT molecular complexity index is 444. The molecule has 110 valence electrons. The molecule has 1 heterocycles. The number of nitrogens with one attached hydrogen (secondary N) is 1. The molecule has 3 unspecified atom stereocenters. The second kappa shape index (κ2) is 6.40. The highest BCUT2D eigenvalue weighted by Crippen LogP contribution is 2.29. The lowest BCUT2D eigenvalue weighted by molar-refractivity contribution is -0.131. The summed E-state index contributed by atoms with van der Waals surface area (Å²) in [5, 5.41) is 3.51. The van der Waals surface area contributed by atoms with Gasteiger partial charge in [0.1, 0.15) is 6.17 Å². The van der Waals surface area contributed by atoms with Gasteiger partial charge in [0.25, 0.3) is 0 Å². The lowest BCUT2D eigenvalue weighted by Crippen LogP contribution is -2.36. The molecule has 0 saturated carbocycles. The van der Waals surface area contributed by atoms with Crippen LogP contribution in [0.15, 0.2) is 30.3 Å². The number of carbonyl (C=O) groups is 1. The van der Waals surface area contributed by atoms with Crippen LogP contribution in [0.5, 0.6) is 0 Å². The van der Waals surface area contributed by atoms with Crippen molar-refractivity contribution in [2.45, 2.75) is 46.3 Å². The summed E-state index contributed by atoms with van der Waals surface area (Å²) in [5.41, 5.74) is 1.17. The van der Waals surface area contributed by atoms with E-state index in [1.165, 1.54) is 5.56 Å². The summed E-state index contributed by atoms with van der Waals surface area (Å²) < 4.78 is 0. The molecule has 1 aromatic carbocycles. The molecule has 3 heteroatoms. The zero-order chi connectivity index (χ0) is 14.7. The first-order valence-electron chi connectivity index (χ1n) is 7.66. The minimum Gasteiger partial charge on any atom is -0.321 e. The summed E-state index contributed by atoms with van der Waals surface area (Å²) in [6, 6.07) is 10.2. The summed E-state index contributed by atoms with van der Waals surface area (Å²) in [6.07, 6.45) is 1.11. The van der Waals surface area contributed by atoms with Crippen molar-refractivity contribution in [2.75, 3.05) is 6.54 Å². The lowest BCUT2D eigenvalue weighted by atomic mass is 10.0. The summed E-state index contributed by atoms with van der Waals surface area (Å²) in [4.78, 5) is 14.7. The number of carbonyl (C=O) groups excluding carboxylic acids is 1. The molecule has 20 heavy (non-hydrogen) atoms. The van der Waals surface area contributed by atoms with Crippen molar-refractivity contribution in [1.29, 1.82) is 0 Å². The molecule has 1 fully saturated rings. The molecule has 0 radical (unpaired) electrons. The average Bonchev–Trinajstić information content (AvgIpc) is 2.77. The molecule has 3 nitrogen and oxygen atoms in total. The summed E-state index contributed by atoms with van der Waals surface area (Å²) in [5.74, 6) is 1.09. The zero-order valence-electron chi connectivity index (χ0n) is 13.0. The molecule has 0 spiro atoms. The second-order valence-electron chi connectivity index (χ2n) is 6.21. The van der Waals surface area contributed by atoms with Gasteiger partial charge in [0.2, 0.25) is 5.91 Å². The third kappa shape index (κ3) is 3.04. The lowest BCUT2D eigenvalue weighted by Gasteiger charge is -2.27. The maximum absolute atomic E-state index is 12.6. The van der Waals surface area contributed by atoms with Gasteiger partial charge < -0.3 is 4.90 Å². The SMILES string of the molecule is CCC(C)CN1C(=O)C(C(C)C)NC1c1ccccc1. The van der Waals surface area contributed by atoms with Crippen LogP contribution in [0, 0.1) is 11.8 Å². The third-order valence-electron chi connectivity index (χ3n) is 4.19. The molecule has 1 amide bonds. The summed E-state index contributed by atoms with van der Waals surface area (Å²) in [6.45, 7) is 9.41. The Hall–Kier alpha value is -1.35. The molecule has 0 aliphatic carbocycles. The van der Waals surface area contributed by atoms with E-state index in [2.05, 4.69) is 45.1 Å². The zero-order valence-corrected chi connectivity index (χ0v) is 13.0. The Balaban J connectivity index is 2.25. The Labute approximate surface area is 122 Å². The first-order valence-corrected chi connectivity index (χ1v) is 7.66. The van der Waals surface area contributed by atoms with E-state index < -0.39 is 0 Å². The molecular formula is C17H26N2O. The molecule has 0 aromatic heterocycles. The number of amides is 1. The Morgan fingerprint density at radius 1 is 1.20 bits per heavy atom. The Morgan fingerprint density at radius 3 is 2.40 bits per heavy atom. The predicted octanol–water partition coefficient (Wildman–Crippen LogP) is 3.19. The fourth-order valence-electron chi connectivity index (χ4n) is 2.69. The van der Waals surface area contributed by atoms with E-state index in [1.54, 1.807) is 0 Å². The van der Waals surface area contributed by atoms with Gasteiger partial charge in [-0.25, -0.2) is 0 Å². The highest BCUT2D eigenvalue weighted by atomic mass is 16.2. The minimum atomic E-state index is -0.0655. The van der Waals surface area contributed by atoms with Crippen LogP contribution in [-0.2, 0) is 4.79 Å². The van der Waals surface area contributed by atoms with Crippen molar-refractivity contribution in [1.82, 2.24) is 10.2 Å². The van der Waals surface area contributed by atoms with Gasteiger partial charge in [0.05, 0.1) is 6.04 Å². The van der Waals surface area contributed by atoms with Gasteiger partial charge in [-0.1, -0.05) is 64.4 Å². The molecule has 1 saturated heterocycles. The number of benzene rings is 1. The van der Waals surface area contributed by atoms with Crippen LogP contribution in [0.2, 0.25) is 0 Å². The van der Waals surface area contributed by atoms with Crippen molar-refractivity contribution in [2.24, 2.45) is 11.8 Å². The normalized spacial score (nSPS) is 24.4. The van der Waals surface area contributed by atoms with Crippen molar-refractivity contribution in [3.63, 3.8) is 0 Å². The quantitative estimate of drug-likeness (QED) is 0.894. The number of hydrogen-bond acceptors (Lipinski definition) is 2. The fourth-order valence-corrected chi connectivity index (χ4v) is 2.69. The number of hydrogen-bond donors (Lipinski definition) is 1. The maximum Gasteiger partial charge on any atom is 0.241 e. The smallest absolute Gasteiger partial charge is 0.241 e. The highest BCUT2D eigenvalue weighted by molar-refractivity contribution is 5.84. The average molecular weight is 274 g/mol. The first kappa shape index (κ1) is 15.0. The van der Waals surface area contributed by atoms with Crippen molar-refractivity contribution >= 4 is 5.91 Å². The van der Waals surface area contributed by atoms with Gasteiger partial charge in [0.15, 0.2) is 0 Å². The van der Waals surface area contributed by atoms with Gasteiger partial charge in [0, 0.05) is 6.54 Å². The van der Waals surface area contributed by atoms with Crippen molar-refractivity contribution < 1.29 is 4.79 Å². The molecule has 1 aliphatic rings. The minimum absolute atomic E-state index is 0.0186. The van der Waals surface area contributed by atoms with Crippen LogP contribution in [0.4, 0.5) is 0 Å². The third-order valence-corrected chi connectivity index (χ3v) is 4.19. The molecule has 3 atom stereocenters. The van der Waals surface area contributed by atoms with E-state index in [1.807, 2.05) is 23.1 Å². The molecule has 0 bridgehead atoms. The van der Waals surface area contributed by atoms with Crippen LogP contribution in [0.25, 0.3) is 0 Å². The van der Waals surface area contributed by atoms with Gasteiger partial charge in [-0.3, -0.25) is 10.1 Å². The van der Waals surface area contributed by atoms with E-state index in [4.69, 9.17) is 0 Å². The summed E-state index contributed by atoms with van der Waals surface area (Å²) >= 11 is 0. The van der Waals surface area contributed by atoms with Crippen molar-refractivity contribution in [3.05, 3.63) is 35.9 Å². The molecule has 2 rings (SSSR count). The van der Waals surface area contributed by atoms with E-state index >= 15 is 0 Å². The van der Waals surface area contributed by atoms with Crippen LogP contribution in [0.3, 0.4) is 0 Å². The molecular weight excluding hydrogens is 248 g/mol. The predicted molar refractivity (Wildman–Crippen MR) is 82.1 cm³/mol. The molecule has 1 aromatic rings. The van der Waals surface area contributed by atoms with E-state index in [0.717, 1.165) is 13.0 Å². The van der Waals surface area contributed by atoms with E-state index in [9.17, 15) is 4.79 Å². The monoisotopic (exact) mass is 274 g/mol. The number of nitrogens with zero attached hydrogens (tertiary/aromatic N) is 1. The molecule has 1 N–H and O–H groups in total. The highest BCUT2D eigenvalue weighted by Gasteiger charge is 2.41. The Morgan fingerprint density at radius 2 is 1.85 bits per heavy atom. The summed E-state index contributed by atoms with van der Waals surface area (Å²) in [7, 11) is 0. The Kier molecular flexibility index (Phi) is 4.81. The van der Waals surface area contributed by atoms with Gasteiger partial charge in [-0.15, -0.1) is 0 Å². The standard InChI is InChI=1S/C17H26N2O/c1-5-13(4)11-19-16(14-9-7-6-8-10-14)18-15(12(2)3)17(19)20/h6-10,12-13,15-16,18H,5,11H2,1-4H3. The van der Waals surface area contributed by atoms with Crippen molar-refractivity contribution in [3.8, 4) is 0 Å². The second-order valence-corrected chi connectivity index (χ2v) is 6.21. The van der Waals surface area contributed by atoms with Crippen LogP contribution in [-0.4, -0.2) is 23.4 Å². The number of rotatable bonds is 5. The molecule has 1 aliphatic heterocycles. The topological polar surface area (TPSA) is 32.3 Å². The van der Waals surface area contributed by atoms with Crippen LogP contribution in [0.1, 0.15) is 45.8 Å². The van der Waals surface area contributed by atoms with Crippen LogP contribution >= 0.6 is 0 Å². The van der Waals surface area contributed by atoms with Gasteiger partial charge in [-0.05, 0) is 17.4 Å². The maximum atomic E-state index is 12.6. The van der Waals surface area contributed by atoms with Gasteiger partial charge >= 0.3 is 0 Å². The first-order chi connectivity index (χ1) is 9.54. The van der Waals surface area contributed by atoms with E-state index in [-0.39, 0.29) is 18.1 Å². The largest absolute Gasteiger partial charge is 0.321 e. The van der Waals surface area contributed by atoms with E-state index in [0.29, 0.717) is 11.8 Å². The van der Waals surface area contributed by atoms with Gasteiger partial charge in [-0.2, -0.15) is 0 Å². The van der Waals surface area contributed by atoms with Crippen LogP contribution < -0.4 is 5.32 Å². The fraction of sp³-hybridized carbons (Fsp3) is 0.588.